The summed E-state index contributed by atoms with van der Waals surface area (Å²) in [6.07, 6.45) is 18.5. The topological polar surface area (TPSA) is 86.7 Å². The van der Waals surface area contributed by atoms with Gasteiger partial charge in [-0.05, 0) is 145 Å². The van der Waals surface area contributed by atoms with E-state index in [1.807, 2.05) is 12.1 Å². The van der Waals surface area contributed by atoms with Crippen molar-refractivity contribution in [2.24, 2.45) is 56.7 Å². The molecule has 0 unspecified atom stereocenters. The molecule has 7 heteroatoms. The van der Waals surface area contributed by atoms with Crippen LogP contribution in [0.3, 0.4) is 0 Å². The minimum Gasteiger partial charge on any atom is -0.478 e. The second kappa shape index (κ2) is 13.5. The van der Waals surface area contributed by atoms with Crippen molar-refractivity contribution in [3.63, 3.8) is 0 Å². The molecule has 1 aliphatic heterocycles. The minimum absolute atomic E-state index is 0.0174. The van der Waals surface area contributed by atoms with E-state index < -0.39 is 15.8 Å². The lowest BCUT2D eigenvalue weighted by atomic mass is 9.32. The van der Waals surface area contributed by atoms with E-state index in [-0.39, 0.29) is 22.3 Å². The lowest BCUT2D eigenvalue weighted by molar-refractivity contribution is -0.225. The van der Waals surface area contributed by atoms with Gasteiger partial charge >= 0.3 is 5.97 Å². The zero-order valence-electron chi connectivity index (χ0n) is 33.0. The molecule has 6 nitrogen and oxygen atoms in total. The van der Waals surface area contributed by atoms with Crippen molar-refractivity contribution in [3.05, 3.63) is 65.8 Å². The van der Waals surface area contributed by atoms with Crippen molar-refractivity contribution in [3.8, 4) is 0 Å². The second-order valence-corrected chi connectivity index (χ2v) is 21.8. The predicted octanol–water partition coefficient (Wildman–Crippen LogP) is 8.91. The highest BCUT2D eigenvalue weighted by Crippen LogP contribution is 2.77. The zero-order valence-corrected chi connectivity index (χ0v) is 33.8. The molecule has 4 saturated carbocycles. The summed E-state index contributed by atoms with van der Waals surface area (Å²) in [5, 5.41) is 13.4. The third-order valence-electron chi connectivity index (χ3n) is 17.0. The highest BCUT2D eigenvalue weighted by molar-refractivity contribution is 7.91. The molecule has 0 radical (unpaired) electrons. The Kier molecular flexibility index (Phi) is 9.89. The minimum atomic E-state index is -2.84. The van der Waals surface area contributed by atoms with Crippen LogP contribution in [-0.4, -0.2) is 68.6 Å². The van der Waals surface area contributed by atoms with Crippen LogP contribution in [0.25, 0.3) is 5.57 Å². The Morgan fingerprint density at radius 2 is 1.63 bits per heavy atom. The molecule has 5 aliphatic carbocycles. The normalized spacial score (nSPS) is 41.0. The maximum Gasteiger partial charge on any atom is 0.335 e. The molecule has 52 heavy (non-hydrogen) atoms. The van der Waals surface area contributed by atoms with E-state index in [2.05, 4.69) is 76.6 Å². The summed E-state index contributed by atoms with van der Waals surface area (Å²) in [4.78, 5) is 13.8. The highest BCUT2D eigenvalue weighted by Gasteiger charge is 2.70. The summed E-state index contributed by atoms with van der Waals surface area (Å²) in [7, 11) is -2.84. The van der Waals surface area contributed by atoms with E-state index in [1.54, 1.807) is 12.1 Å². The Balaban J connectivity index is 1.09. The van der Waals surface area contributed by atoms with Crippen LogP contribution in [0.15, 0.2) is 54.6 Å². The van der Waals surface area contributed by atoms with Gasteiger partial charge in [0.1, 0.15) is 0 Å². The second-order valence-electron chi connectivity index (χ2n) is 19.5. The molecule has 7 rings (SSSR count). The van der Waals surface area contributed by atoms with Gasteiger partial charge in [0.15, 0.2) is 9.84 Å². The van der Waals surface area contributed by atoms with Gasteiger partial charge < -0.3 is 10.4 Å². The fourth-order valence-corrected chi connectivity index (χ4v) is 15.4. The number of hydrogen-bond acceptors (Lipinski definition) is 5. The maximum absolute atomic E-state index is 11.8. The Hall–Kier alpha value is -2.22. The fraction of sp³-hybridized carbons (Fsp3) is 0.711. The van der Waals surface area contributed by atoms with Gasteiger partial charge in [-0.25, -0.2) is 13.2 Å². The first-order chi connectivity index (χ1) is 24.5. The number of fused-ring (bicyclic) bond motifs is 7. The molecule has 286 valence electrons. The van der Waals surface area contributed by atoms with Gasteiger partial charge in [-0.2, -0.15) is 0 Å². The molecule has 0 spiro atoms. The monoisotopic (exact) mass is 730 g/mol. The number of allylic oxidation sites excluding steroid dienone is 3. The first-order valence-electron chi connectivity index (χ1n) is 20.5. The predicted molar refractivity (Wildman–Crippen MR) is 213 cm³/mol. The molecular formula is C45H66N2O4S. The van der Waals surface area contributed by atoms with Crippen molar-refractivity contribution >= 4 is 21.4 Å². The molecule has 1 heterocycles. The van der Waals surface area contributed by atoms with Crippen LogP contribution in [-0.2, 0) is 9.84 Å². The molecule has 0 aromatic heterocycles. The van der Waals surface area contributed by atoms with E-state index >= 15 is 0 Å². The van der Waals surface area contributed by atoms with Crippen molar-refractivity contribution in [1.29, 1.82) is 0 Å². The van der Waals surface area contributed by atoms with Crippen molar-refractivity contribution in [1.82, 2.24) is 10.2 Å². The van der Waals surface area contributed by atoms with Gasteiger partial charge in [-0.1, -0.05) is 77.1 Å². The summed E-state index contributed by atoms with van der Waals surface area (Å²) >= 11 is 0. The first kappa shape index (κ1) is 38.1. The first-order valence-corrected chi connectivity index (χ1v) is 22.3. The smallest absolute Gasteiger partial charge is 0.335 e. The lowest BCUT2D eigenvalue weighted by Crippen LogP contribution is -2.65. The van der Waals surface area contributed by atoms with Gasteiger partial charge in [0, 0.05) is 32.7 Å². The Morgan fingerprint density at radius 1 is 0.923 bits per heavy atom. The van der Waals surface area contributed by atoms with E-state index in [1.165, 1.54) is 68.1 Å². The van der Waals surface area contributed by atoms with Crippen molar-refractivity contribution in [2.45, 2.75) is 99.3 Å². The zero-order chi connectivity index (χ0) is 37.3. The van der Waals surface area contributed by atoms with E-state index in [0.717, 1.165) is 32.0 Å². The molecule has 6 aliphatic rings. The number of nitrogens with zero attached hydrogens (tertiary/aromatic N) is 1. The SMILES string of the molecule is C=C(C)[C@@H]1CC[C@]2(CNC/C=C/CN3CCS(=O)(=O)CC3)CC[C@]3(C)[C@H](CC[C@@H]4[C@@]5(C)CC=C(c6ccc(C(=O)O)cc6)C(C)(C)[C@@H]5CC[C@]43C)[C@@H]12. The number of rotatable bonds is 9. The van der Waals surface area contributed by atoms with Crippen LogP contribution in [0.1, 0.15) is 115 Å². The summed E-state index contributed by atoms with van der Waals surface area (Å²) < 4.78 is 23.6. The molecule has 9 atom stereocenters. The van der Waals surface area contributed by atoms with E-state index in [0.29, 0.717) is 58.6 Å². The quantitative estimate of drug-likeness (QED) is 0.195. The van der Waals surface area contributed by atoms with Crippen LogP contribution in [0, 0.1) is 56.7 Å². The number of carboxylic acids is 1. The molecule has 1 aromatic rings. The van der Waals surface area contributed by atoms with Crippen LogP contribution >= 0.6 is 0 Å². The standard InChI is InChI=1S/C45H66N2O4S/c1-31(2)34-16-21-45(30-46-24-8-9-25-47-26-28-52(50,51)29-27-47)23-22-43(6)36(39(34)45)14-15-38-42(5)19-17-35(32-10-12-33(13-11-32)40(48)49)41(3,4)37(42)18-20-44(38,43)7/h8-13,17,34,36-39,46H,1,14-16,18-30H2,2-7H3,(H,48,49)/b9-8+/t34-,36+,37-,38+,39+,42-,43+,44+,45+/m0/s1. The van der Waals surface area contributed by atoms with Gasteiger partial charge in [0.25, 0.3) is 0 Å². The molecule has 0 bridgehead atoms. The van der Waals surface area contributed by atoms with Gasteiger partial charge in [0.05, 0.1) is 17.1 Å². The highest BCUT2D eigenvalue weighted by atomic mass is 32.2. The largest absolute Gasteiger partial charge is 0.478 e. The third-order valence-corrected chi connectivity index (χ3v) is 18.6. The number of benzene rings is 1. The summed E-state index contributed by atoms with van der Waals surface area (Å²) in [6, 6.07) is 7.60. The number of nitrogens with one attached hydrogen (secondary N) is 1. The van der Waals surface area contributed by atoms with Gasteiger partial charge in [-0.3, -0.25) is 4.90 Å². The third kappa shape index (κ3) is 6.11. The Labute approximate surface area is 314 Å². The molecular weight excluding hydrogens is 665 g/mol. The summed E-state index contributed by atoms with van der Waals surface area (Å²) in [6.45, 7) is 24.0. The molecule has 1 aromatic carbocycles. The molecule has 5 fully saturated rings. The van der Waals surface area contributed by atoms with Crippen molar-refractivity contribution < 1.29 is 18.3 Å². The lowest BCUT2D eigenvalue weighted by Gasteiger charge is -2.72. The Bertz CT molecular complexity index is 1710. The van der Waals surface area contributed by atoms with E-state index in [4.69, 9.17) is 0 Å². The fourth-order valence-electron chi connectivity index (χ4n) is 14.1. The summed E-state index contributed by atoms with van der Waals surface area (Å²) in [5.41, 5.74) is 5.51. The number of carbonyl (C=O) groups is 1. The van der Waals surface area contributed by atoms with Crippen LogP contribution < -0.4 is 5.32 Å². The number of sulfone groups is 1. The van der Waals surface area contributed by atoms with Crippen LogP contribution in [0.2, 0.25) is 0 Å². The van der Waals surface area contributed by atoms with Crippen LogP contribution in [0.5, 0.6) is 0 Å². The average molecular weight is 731 g/mol. The molecule has 0 amide bonds. The van der Waals surface area contributed by atoms with Crippen LogP contribution in [0.4, 0.5) is 0 Å². The number of aromatic carboxylic acids is 1. The number of hydrogen-bond donors (Lipinski definition) is 2. The number of carboxylic acid groups (broad SMARTS) is 1. The maximum atomic E-state index is 11.8. The van der Waals surface area contributed by atoms with Gasteiger partial charge in [0.2, 0.25) is 0 Å². The molecule has 2 N–H and O–H groups in total. The average Bonchev–Trinajstić information content (AvgIpc) is 3.47. The van der Waals surface area contributed by atoms with Crippen molar-refractivity contribution in [2.75, 3.05) is 44.2 Å². The summed E-state index contributed by atoms with van der Waals surface area (Å²) in [5.74, 6) is 2.99. The van der Waals surface area contributed by atoms with Gasteiger partial charge in [-0.15, -0.1) is 0 Å². The molecule has 1 saturated heterocycles. The van der Waals surface area contributed by atoms with E-state index in [9.17, 15) is 18.3 Å². The Morgan fingerprint density at radius 3 is 2.31 bits per heavy atom.